The van der Waals surface area contributed by atoms with E-state index in [4.69, 9.17) is 4.52 Å². The van der Waals surface area contributed by atoms with Gasteiger partial charge in [0.05, 0.1) is 0 Å². The van der Waals surface area contributed by atoms with Gasteiger partial charge >= 0.3 is 0 Å². The van der Waals surface area contributed by atoms with Crippen molar-refractivity contribution in [3.8, 4) is 11.3 Å². The monoisotopic (exact) mass is 371 g/mol. The van der Waals surface area contributed by atoms with E-state index < -0.39 is 11.6 Å². The fourth-order valence-electron chi connectivity index (χ4n) is 2.89. The van der Waals surface area contributed by atoms with Crippen molar-refractivity contribution in [2.24, 2.45) is 0 Å². The Morgan fingerprint density at radius 1 is 1.00 bits per heavy atom. The second kappa shape index (κ2) is 7.10. The molecule has 1 saturated heterocycles. The fourth-order valence-corrected chi connectivity index (χ4v) is 2.89. The maximum atomic E-state index is 13.4. The number of hydrogen-bond donors (Lipinski definition) is 0. The summed E-state index contributed by atoms with van der Waals surface area (Å²) in [6, 6.07) is 6.55. The lowest BCUT2D eigenvalue weighted by Crippen LogP contribution is -2.49. The molecule has 1 aliphatic rings. The third-order valence-corrected chi connectivity index (χ3v) is 4.34. The van der Waals surface area contributed by atoms with E-state index in [-0.39, 0.29) is 17.4 Å². The number of rotatable bonds is 3. The predicted molar refractivity (Wildman–Crippen MR) is 92.0 cm³/mol. The Morgan fingerprint density at radius 3 is 2.44 bits per heavy atom. The summed E-state index contributed by atoms with van der Waals surface area (Å²) in [6.07, 6.45) is 3.35. The summed E-state index contributed by atoms with van der Waals surface area (Å²) in [5, 5.41) is 3.78. The molecule has 2 aromatic heterocycles. The van der Waals surface area contributed by atoms with Crippen LogP contribution in [0.5, 0.6) is 0 Å². The first-order chi connectivity index (χ1) is 13.1. The number of aromatic nitrogens is 3. The van der Waals surface area contributed by atoms with Crippen molar-refractivity contribution in [1.29, 1.82) is 0 Å². The van der Waals surface area contributed by atoms with Gasteiger partial charge in [0.15, 0.2) is 23.1 Å². The highest BCUT2D eigenvalue weighted by atomic mass is 19.2. The van der Waals surface area contributed by atoms with Crippen molar-refractivity contribution in [3.05, 3.63) is 60.1 Å². The zero-order valence-corrected chi connectivity index (χ0v) is 14.2. The number of carbonyl (C=O) groups excluding carboxylic acids is 1. The van der Waals surface area contributed by atoms with Crippen LogP contribution >= 0.6 is 0 Å². The average Bonchev–Trinajstić information content (AvgIpc) is 3.20. The summed E-state index contributed by atoms with van der Waals surface area (Å²) in [5.41, 5.74) is 0.436. The molecule has 7 nitrogen and oxygen atoms in total. The molecular weight excluding hydrogens is 356 g/mol. The molecule has 27 heavy (non-hydrogen) atoms. The molecule has 0 N–H and O–H groups in total. The summed E-state index contributed by atoms with van der Waals surface area (Å²) in [7, 11) is 0. The van der Waals surface area contributed by atoms with Crippen molar-refractivity contribution in [3.63, 3.8) is 0 Å². The molecule has 9 heteroatoms. The zero-order chi connectivity index (χ0) is 18.8. The Hall–Kier alpha value is -3.36. The van der Waals surface area contributed by atoms with E-state index in [0.717, 1.165) is 12.1 Å². The molecule has 3 aromatic rings. The normalized spacial score (nSPS) is 14.4. The molecule has 1 amide bonds. The van der Waals surface area contributed by atoms with Gasteiger partial charge in [-0.1, -0.05) is 5.16 Å². The molecule has 0 radical (unpaired) electrons. The van der Waals surface area contributed by atoms with Crippen molar-refractivity contribution < 1.29 is 18.1 Å². The first-order valence-corrected chi connectivity index (χ1v) is 8.35. The third kappa shape index (κ3) is 3.48. The van der Waals surface area contributed by atoms with Crippen LogP contribution in [0.1, 0.15) is 10.5 Å². The molecule has 3 heterocycles. The van der Waals surface area contributed by atoms with Gasteiger partial charge in [-0.2, -0.15) is 0 Å². The Kier molecular flexibility index (Phi) is 4.49. The van der Waals surface area contributed by atoms with Crippen LogP contribution in [0.2, 0.25) is 0 Å². The highest BCUT2D eigenvalue weighted by Gasteiger charge is 2.25. The average molecular weight is 371 g/mol. The third-order valence-electron chi connectivity index (χ3n) is 4.34. The van der Waals surface area contributed by atoms with Gasteiger partial charge in [-0.25, -0.2) is 18.7 Å². The Balaban J connectivity index is 1.43. The number of benzene rings is 1. The van der Waals surface area contributed by atoms with Gasteiger partial charge in [0.2, 0.25) is 5.95 Å². The van der Waals surface area contributed by atoms with Crippen LogP contribution in [0.25, 0.3) is 11.3 Å². The number of nitrogens with zero attached hydrogens (tertiary/aromatic N) is 5. The van der Waals surface area contributed by atoms with Gasteiger partial charge in [0.25, 0.3) is 5.91 Å². The summed E-state index contributed by atoms with van der Waals surface area (Å²) < 4.78 is 31.6. The second-order valence-corrected chi connectivity index (χ2v) is 6.03. The van der Waals surface area contributed by atoms with E-state index >= 15 is 0 Å². The van der Waals surface area contributed by atoms with Crippen LogP contribution in [0.4, 0.5) is 14.7 Å². The minimum atomic E-state index is -0.990. The molecule has 0 unspecified atom stereocenters. The van der Waals surface area contributed by atoms with Gasteiger partial charge in [-0.15, -0.1) is 0 Å². The molecular formula is C18H15F2N5O2. The maximum absolute atomic E-state index is 13.4. The van der Waals surface area contributed by atoms with Crippen molar-refractivity contribution in [2.45, 2.75) is 0 Å². The second-order valence-electron chi connectivity index (χ2n) is 6.03. The maximum Gasteiger partial charge on any atom is 0.276 e. The predicted octanol–water partition coefficient (Wildman–Crippen LogP) is 2.37. The van der Waals surface area contributed by atoms with Crippen LogP contribution in [0.15, 0.2) is 47.2 Å². The van der Waals surface area contributed by atoms with Crippen LogP contribution in [-0.4, -0.2) is 52.1 Å². The number of halogens is 2. The molecule has 1 aromatic carbocycles. The largest absolute Gasteiger partial charge is 0.355 e. The van der Waals surface area contributed by atoms with Gasteiger partial charge in [-0.3, -0.25) is 4.79 Å². The lowest BCUT2D eigenvalue weighted by Gasteiger charge is -2.34. The minimum absolute atomic E-state index is 0.124. The van der Waals surface area contributed by atoms with Crippen molar-refractivity contribution in [2.75, 3.05) is 31.1 Å². The SMILES string of the molecule is O=C(c1cc(-c2ccc(F)c(F)c2)on1)N1CCN(c2ncccn2)CC1. The molecule has 0 bridgehead atoms. The van der Waals surface area contributed by atoms with Gasteiger partial charge in [0.1, 0.15) is 0 Å². The van der Waals surface area contributed by atoms with Crippen LogP contribution in [0, 0.1) is 11.6 Å². The van der Waals surface area contributed by atoms with Gasteiger partial charge in [-0.05, 0) is 24.3 Å². The van der Waals surface area contributed by atoms with E-state index in [2.05, 4.69) is 15.1 Å². The molecule has 1 aliphatic heterocycles. The molecule has 138 valence electrons. The molecule has 0 spiro atoms. The smallest absolute Gasteiger partial charge is 0.276 e. The summed E-state index contributed by atoms with van der Waals surface area (Å²) in [6.45, 7) is 2.18. The van der Waals surface area contributed by atoms with E-state index in [9.17, 15) is 13.6 Å². The van der Waals surface area contributed by atoms with Crippen LogP contribution < -0.4 is 4.90 Å². The number of amides is 1. The molecule has 0 aliphatic carbocycles. The fraction of sp³-hybridized carbons (Fsp3) is 0.222. The number of carbonyl (C=O) groups is 1. The Labute approximate surface area is 153 Å². The topological polar surface area (TPSA) is 75.4 Å². The number of hydrogen-bond acceptors (Lipinski definition) is 6. The molecule has 0 saturated carbocycles. The van der Waals surface area contributed by atoms with E-state index in [1.54, 1.807) is 23.4 Å². The van der Waals surface area contributed by atoms with Crippen molar-refractivity contribution >= 4 is 11.9 Å². The molecule has 0 atom stereocenters. The lowest BCUT2D eigenvalue weighted by atomic mass is 10.1. The quantitative estimate of drug-likeness (QED) is 0.704. The first-order valence-electron chi connectivity index (χ1n) is 8.35. The van der Waals surface area contributed by atoms with Gasteiger partial charge in [0, 0.05) is 50.2 Å². The lowest BCUT2D eigenvalue weighted by molar-refractivity contribution is 0.0736. The molecule has 1 fully saturated rings. The Morgan fingerprint density at radius 2 is 1.74 bits per heavy atom. The van der Waals surface area contributed by atoms with Crippen LogP contribution in [0.3, 0.4) is 0 Å². The van der Waals surface area contributed by atoms with Gasteiger partial charge < -0.3 is 14.3 Å². The Bertz CT molecular complexity index is 955. The highest BCUT2D eigenvalue weighted by Crippen LogP contribution is 2.23. The number of piperazine rings is 1. The van der Waals surface area contributed by atoms with Crippen LogP contribution in [-0.2, 0) is 0 Å². The number of anilines is 1. The van der Waals surface area contributed by atoms with E-state index in [1.807, 2.05) is 4.90 Å². The summed E-state index contributed by atoms with van der Waals surface area (Å²) in [5.74, 6) is -1.38. The first kappa shape index (κ1) is 17.1. The zero-order valence-electron chi connectivity index (χ0n) is 14.2. The highest BCUT2D eigenvalue weighted by molar-refractivity contribution is 5.93. The van der Waals surface area contributed by atoms with Crippen molar-refractivity contribution in [1.82, 2.24) is 20.0 Å². The standard InChI is InChI=1S/C18H15F2N5O2/c19-13-3-2-12(10-14(13)20)16-11-15(23-27-16)17(26)24-6-8-25(9-7-24)18-21-4-1-5-22-18/h1-5,10-11H,6-9H2. The summed E-state index contributed by atoms with van der Waals surface area (Å²) >= 11 is 0. The van der Waals surface area contributed by atoms with E-state index in [0.29, 0.717) is 37.7 Å². The van der Waals surface area contributed by atoms with E-state index in [1.165, 1.54) is 12.1 Å². The molecule has 4 rings (SSSR count). The summed E-state index contributed by atoms with van der Waals surface area (Å²) in [4.78, 5) is 24.7. The minimum Gasteiger partial charge on any atom is -0.355 e.